The molecule has 0 spiro atoms. The highest BCUT2D eigenvalue weighted by Gasteiger charge is 2.35. The molecular formula is C41H42ClN3O5S. The summed E-state index contributed by atoms with van der Waals surface area (Å²) in [5, 5.41) is 3.58. The van der Waals surface area contributed by atoms with Gasteiger partial charge in [0.1, 0.15) is 24.1 Å². The van der Waals surface area contributed by atoms with E-state index in [4.69, 9.17) is 16.3 Å². The first-order valence-corrected chi connectivity index (χ1v) is 18.7. The van der Waals surface area contributed by atoms with Crippen LogP contribution in [0.3, 0.4) is 0 Å². The van der Waals surface area contributed by atoms with E-state index in [0.29, 0.717) is 22.9 Å². The summed E-state index contributed by atoms with van der Waals surface area (Å²) in [6.07, 6.45) is 0.917. The summed E-state index contributed by atoms with van der Waals surface area (Å²) in [5.74, 6) is 0.247. The predicted molar refractivity (Wildman–Crippen MR) is 203 cm³/mol. The highest BCUT2D eigenvalue weighted by atomic mass is 35.5. The van der Waals surface area contributed by atoms with Crippen LogP contribution >= 0.6 is 11.6 Å². The van der Waals surface area contributed by atoms with Crippen LogP contribution in [0.5, 0.6) is 11.5 Å². The number of sulfonamides is 1. The fourth-order valence-corrected chi connectivity index (χ4v) is 6.99. The summed E-state index contributed by atoms with van der Waals surface area (Å²) >= 11 is 6.19. The van der Waals surface area contributed by atoms with Gasteiger partial charge in [0.25, 0.3) is 10.0 Å². The van der Waals surface area contributed by atoms with Crippen LogP contribution in [-0.2, 0) is 32.6 Å². The summed E-state index contributed by atoms with van der Waals surface area (Å²) in [4.78, 5) is 30.3. The molecule has 5 aromatic rings. The Kier molecular flexibility index (Phi) is 12.5. The van der Waals surface area contributed by atoms with Gasteiger partial charge in [-0.15, -0.1) is 0 Å². The Morgan fingerprint density at radius 3 is 1.96 bits per heavy atom. The number of halogens is 1. The van der Waals surface area contributed by atoms with Gasteiger partial charge in [0, 0.05) is 24.0 Å². The Labute approximate surface area is 305 Å². The average Bonchev–Trinajstić information content (AvgIpc) is 3.14. The molecule has 0 aliphatic carbocycles. The zero-order valence-corrected chi connectivity index (χ0v) is 30.5. The van der Waals surface area contributed by atoms with Crippen LogP contribution in [0.15, 0.2) is 138 Å². The normalized spacial score (nSPS) is 12.4. The van der Waals surface area contributed by atoms with E-state index in [2.05, 4.69) is 5.32 Å². The molecule has 0 radical (unpaired) electrons. The van der Waals surface area contributed by atoms with E-state index >= 15 is 0 Å². The van der Waals surface area contributed by atoms with Gasteiger partial charge < -0.3 is 15.0 Å². The maximum atomic E-state index is 14.7. The Bertz CT molecular complexity index is 1990. The zero-order chi connectivity index (χ0) is 36.4. The van der Waals surface area contributed by atoms with Gasteiger partial charge in [-0.2, -0.15) is 0 Å². The van der Waals surface area contributed by atoms with Crippen molar-refractivity contribution in [1.82, 2.24) is 10.2 Å². The van der Waals surface area contributed by atoms with E-state index in [1.54, 1.807) is 60.7 Å². The lowest BCUT2D eigenvalue weighted by atomic mass is 10.0. The minimum atomic E-state index is -4.25. The molecule has 5 aromatic carbocycles. The molecule has 1 N–H and O–H groups in total. The SMILES string of the molecule is CC[C@@H](C)NC(=O)[C@@H](Cc1ccccc1)N(Cc1ccc(Cl)cc1)C(=O)CN(c1ccc(Oc2ccccc2)cc1)S(=O)(=O)c1ccc(C)cc1. The van der Waals surface area contributed by atoms with Crippen molar-refractivity contribution in [2.75, 3.05) is 10.8 Å². The number of benzene rings is 5. The highest BCUT2D eigenvalue weighted by Crippen LogP contribution is 2.29. The maximum absolute atomic E-state index is 14.7. The minimum absolute atomic E-state index is 0.0325. The number of ether oxygens (including phenoxy) is 1. The summed E-state index contributed by atoms with van der Waals surface area (Å²) in [6.45, 7) is 5.23. The molecule has 264 valence electrons. The quantitative estimate of drug-likeness (QED) is 0.118. The number of hydrogen-bond acceptors (Lipinski definition) is 5. The van der Waals surface area contributed by atoms with Crippen LogP contribution in [0.4, 0.5) is 5.69 Å². The fraction of sp³-hybridized carbons (Fsp3) is 0.220. The lowest BCUT2D eigenvalue weighted by Gasteiger charge is -2.34. The average molecular weight is 724 g/mol. The largest absolute Gasteiger partial charge is 0.457 e. The van der Waals surface area contributed by atoms with Crippen molar-refractivity contribution in [2.45, 2.75) is 57.1 Å². The number of nitrogens with zero attached hydrogens (tertiary/aromatic N) is 2. The van der Waals surface area contributed by atoms with Crippen molar-refractivity contribution in [3.05, 3.63) is 155 Å². The van der Waals surface area contributed by atoms with Crippen molar-refractivity contribution in [2.24, 2.45) is 0 Å². The fourth-order valence-electron chi connectivity index (χ4n) is 5.45. The van der Waals surface area contributed by atoms with Crippen molar-refractivity contribution >= 4 is 39.1 Å². The summed E-state index contributed by atoms with van der Waals surface area (Å²) in [5.41, 5.74) is 2.75. The molecule has 0 aromatic heterocycles. The number of rotatable bonds is 15. The van der Waals surface area contributed by atoms with Gasteiger partial charge in [-0.3, -0.25) is 13.9 Å². The molecule has 2 amide bonds. The van der Waals surface area contributed by atoms with Crippen LogP contribution in [0, 0.1) is 6.92 Å². The molecule has 0 saturated carbocycles. The van der Waals surface area contributed by atoms with Gasteiger partial charge >= 0.3 is 0 Å². The molecule has 0 aliphatic rings. The second-order valence-electron chi connectivity index (χ2n) is 12.4. The van der Waals surface area contributed by atoms with Crippen LogP contribution < -0.4 is 14.4 Å². The molecule has 0 bridgehead atoms. The summed E-state index contributed by atoms with van der Waals surface area (Å²) in [7, 11) is -4.25. The standard InChI is InChI=1S/C41H42ClN3O5S/c1-4-31(3)43-41(47)39(27-32-11-7-5-8-12-32)44(28-33-17-19-34(42)20-18-33)40(46)29-45(51(48,49)38-25-15-30(2)16-26-38)35-21-23-37(24-22-35)50-36-13-9-6-10-14-36/h5-26,31,39H,4,27-29H2,1-3H3,(H,43,47)/t31-,39-/m1/s1. The van der Waals surface area contributed by atoms with Crippen LogP contribution in [0.1, 0.15) is 37.0 Å². The van der Waals surface area contributed by atoms with E-state index in [-0.39, 0.29) is 35.5 Å². The predicted octanol–water partition coefficient (Wildman–Crippen LogP) is 8.19. The molecular weight excluding hydrogens is 682 g/mol. The number of carbonyl (C=O) groups excluding carboxylic acids is 2. The second kappa shape index (κ2) is 17.2. The molecule has 0 heterocycles. The summed E-state index contributed by atoms with van der Waals surface area (Å²) in [6, 6.07) is 37.6. The van der Waals surface area contributed by atoms with Crippen molar-refractivity contribution < 1.29 is 22.7 Å². The number of carbonyl (C=O) groups is 2. The van der Waals surface area contributed by atoms with Crippen LogP contribution in [0.25, 0.3) is 0 Å². The lowest BCUT2D eigenvalue weighted by Crippen LogP contribution is -2.54. The molecule has 2 atom stereocenters. The van der Waals surface area contributed by atoms with Crippen molar-refractivity contribution in [3.63, 3.8) is 0 Å². The van der Waals surface area contributed by atoms with Gasteiger partial charge in [0.2, 0.25) is 11.8 Å². The highest BCUT2D eigenvalue weighted by molar-refractivity contribution is 7.92. The van der Waals surface area contributed by atoms with Gasteiger partial charge in [-0.25, -0.2) is 8.42 Å². The zero-order valence-electron chi connectivity index (χ0n) is 28.9. The molecule has 0 aliphatic heterocycles. The molecule has 0 saturated heterocycles. The number of amides is 2. The third-order valence-electron chi connectivity index (χ3n) is 8.53. The maximum Gasteiger partial charge on any atom is 0.264 e. The van der Waals surface area contributed by atoms with Crippen molar-refractivity contribution in [1.29, 1.82) is 0 Å². The third-order valence-corrected chi connectivity index (χ3v) is 10.6. The molecule has 51 heavy (non-hydrogen) atoms. The number of para-hydroxylation sites is 1. The van der Waals surface area contributed by atoms with Crippen LogP contribution in [0.2, 0.25) is 5.02 Å². The first-order valence-electron chi connectivity index (χ1n) is 16.8. The van der Waals surface area contributed by atoms with Gasteiger partial charge in [-0.1, -0.05) is 96.9 Å². The van der Waals surface area contributed by atoms with E-state index in [0.717, 1.165) is 21.0 Å². The lowest BCUT2D eigenvalue weighted by molar-refractivity contribution is -0.140. The number of nitrogens with one attached hydrogen (secondary N) is 1. The second-order valence-corrected chi connectivity index (χ2v) is 14.7. The Balaban J connectivity index is 1.56. The monoisotopic (exact) mass is 723 g/mol. The number of aryl methyl sites for hydroxylation is 1. The topological polar surface area (TPSA) is 96.0 Å². The van der Waals surface area contributed by atoms with Crippen molar-refractivity contribution in [3.8, 4) is 11.5 Å². The van der Waals surface area contributed by atoms with E-state index in [1.807, 2.05) is 81.4 Å². The first kappa shape index (κ1) is 37.1. The van der Waals surface area contributed by atoms with E-state index < -0.39 is 28.5 Å². The summed E-state index contributed by atoms with van der Waals surface area (Å²) < 4.78 is 35.8. The Morgan fingerprint density at radius 2 is 1.35 bits per heavy atom. The van der Waals surface area contributed by atoms with Gasteiger partial charge in [0.15, 0.2) is 0 Å². The third kappa shape index (κ3) is 9.99. The Hall–Kier alpha value is -5.12. The number of hydrogen-bond donors (Lipinski definition) is 1. The molecule has 0 unspecified atom stereocenters. The van der Waals surface area contributed by atoms with E-state index in [9.17, 15) is 18.0 Å². The van der Waals surface area contributed by atoms with E-state index in [1.165, 1.54) is 17.0 Å². The molecule has 10 heteroatoms. The molecule has 5 rings (SSSR count). The number of anilines is 1. The van der Waals surface area contributed by atoms with Gasteiger partial charge in [0.05, 0.1) is 10.6 Å². The molecule has 8 nitrogen and oxygen atoms in total. The smallest absolute Gasteiger partial charge is 0.264 e. The van der Waals surface area contributed by atoms with Gasteiger partial charge in [-0.05, 0) is 92.1 Å². The first-order chi connectivity index (χ1) is 24.5. The minimum Gasteiger partial charge on any atom is -0.457 e. The Morgan fingerprint density at radius 1 is 0.765 bits per heavy atom. The van der Waals surface area contributed by atoms with Crippen LogP contribution in [-0.4, -0.2) is 43.8 Å². The molecule has 0 fully saturated rings.